The van der Waals surface area contributed by atoms with Crippen LogP contribution in [-0.4, -0.2) is 38.0 Å². The molecule has 0 aromatic rings. The van der Waals surface area contributed by atoms with Crippen LogP contribution in [0.4, 0.5) is 0 Å². The predicted molar refractivity (Wildman–Crippen MR) is 68.7 cm³/mol. The summed E-state index contributed by atoms with van der Waals surface area (Å²) in [4.78, 5) is 22.6. The van der Waals surface area contributed by atoms with E-state index in [2.05, 4.69) is 16.0 Å². The molecule has 2 amide bonds. The van der Waals surface area contributed by atoms with Gasteiger partial charge in [-0.25, -0.2) is 0 Å². The van der Waals surface area contributed by atoms with Gasteiger partial charge >= 0.3 is 0 Å². The summed E-state index contributed by atoms with van der Waals surface area (Å²) in [7, 11) is 1.92. The minimum atomic E-state index is -0.136. The van der Waals surface area contributed by atoms with Gasteiger partial charge in [-0.1, -0.05) is 6.42 Å². The van der Waals surface area contributed by atoms with E-state index in [0.29, 0.717) is 6.42 Å². The van der Waals surface area contributed by atoms with Crippen LogP contribution in [0.5, 0.6) is 0 Å². The summed E-state index contributed by atoms with van der Waals surface area (Å²) >= 11 is 0. The van der Waals surface area contributed by atoms with Crippen molar-refractivity contribution in [1.82, 2.24) is 16.0 Å². The number of hydrogen-bond donors (Lipinski definition) is 3. The third kappa shape index (κ3) is 11.2. The van der Waals surface area contributed by atoms with Crippen LogP contribution < -0.4 is 16.0 Å². The average molecular weight is 243 g/mol. The zero-order chi connectivity index (χ0) is 13.1. The minimum Gasteiger partial charge on any atom is -0.352 e. The van der Waals surface area contributed by atoms with Gasteiger partial charge in [-0.15, -0.1) is 0 Å². The largest absolute Gasteiger partial charge is 0.352 e. The Morgan fingerprint density at radius 3 is 2.35 bits per heavy atom. The molecule has 100 valence electrons. The lowest BCUT2D eigenvalue weighted by molar-refractivity contribution is -0.126. The molecule has 0 radical (unpaired) electrons. The molecule has 0 atom stereocenters. The molecule has 3 N–H and O–H groups in total. The smallest absolute Gasteiger partial charge is 0.239 e. The lowest BCUT2D eigenvalue weighted by Crippen LogP contribution is -2.39. The van der Waals surface area contributed by atoms with E-state index >= 15 is 0 Å². The maximum absolute atomic E-state index is 11.4. The van der Waals surface area contributed by atoms with Crippen LogP contribution in [0.15, 0.2) is 0 Å². The molecular weight excluding hydrogens is 218 g/mol. The van der Waals surface area contributed by atoms with Crippen molar-refractivity contribution in [1.29, 1.82) is 0 Å². The van der Waals surface area contributed by atoms with E-state index in [1.165, 1.54) is 0 Å². The monoisotopic (exact) mass is 243 g/mol. The zero-order valence-corrected chi connectivity index (χ0v) is 11.1. The maximum Gasteiger partial charge on any atom is 0.239 e. The molecule has 0 heterocycles. The van der Waals surface area contributed by atoms with Gasteiger partial charge in [0.1, 0.15) is 0 Å². The number of carbonyl (C=O) groups excluding carboxylic acids is 2. The fourth-order valence-electron chi connectivity index (χ4n) is 1.40. The van der Waals surface area contributed by atoms with Crippen LogP contribution in [0.2, 0.25) is 0 Å². The molecule has 0 fully saturated rings. The van der Waals surface area contributed by atoms with E-state index < -0.39 is 0 Å². The second-order valence-electron chi connectivity index (χ2n) is 4.41. The molecule has 0 spiro atoms. The summed E-state index contributed by atoms with van der Waals surface area (Å²) in [5, 5.41) is 8.39. The number of carbonyl (C=O) groups is 2. The van der Waals surface area contributed by atoms with Crippen molar-refractivity contribution >= 4 is 11.8 Å². The van der Waals surface area contributed by atoms with Crippen LogP contribution >= 0.6 is 0 Å². The Morgan fingerprint density at radius 2 is 1.76 bits per heavy atom. The number of unbranched alkanes of at least 4 members (excludes halogenated alkanes) is 2. The number of nitrogens with one attached hydrogen (secondary N) is 3. The van der Waals surface area contributed by atoms with Crippen LogP contribution in [0, 0.1) is 0 Å². The Hall–Kier alpha value is -1.10. The van der Waals surface area contributed by atoms with Gasteiger partial charge < -0.3 is 16.0 Å². The second kappa shape index (κ2) is 10.1. The summed E-state index contributed by atoms with van der Waals surface area (Å²) < 4.78 is 0. The first-order chi connectivity index (χ1) is 8.06. The molecule has 0 aromatic heterocycles. The number of hydrogen-bond acceptors (Lipinski definition) is 3. The van der Waals surface area contributed by atoms with Crippen LogP contribution in [-0.2, 0) is 9.59 Å². The van der Waals surface area contributed by atoms with E-state index in [0.717, 1.165) is 25.8 Å². The minimum absolute atomic E-state index is 0.0478. The van der Waals surface area contributed by atoms with Crippen LogP contribution in [0.3, 0.4) is 0 Å². The van der Waals surface area contributed by atoms with Crippen LogP contribution in [0.1, 0.15) is 39.5 Å². The molecule has 5 nitrogen and oxygen atoms in total. The number of rotatable bonds is 9. The van der Waals surface area contributed by atoms with Crippen LogP contribution in [0.25, 0.3) is 0 Å². The second-order valence-corrected chi connectivity index (χ2v) is 4.41. The molecule has 0 rings (SSSR count). The molecule has 0 aliphatic heterocycles. The molecule has 0 aliphatic carbocycles. The van der Waals surface area contributed by atoms with E-state index in [9.17, 15) is 9.59 Å². The zero-order valence-electron chi connectivity index (χ0n) is 11.1. The van der Waals surface area contributed by atoms with E-state index in [1.807, 2.05) is 20.9 Å². The Morgan fingerprint density at radius 1 is 1.06 bits per heavy atom. The highest BCUT2D eigenvalue weighted by Crippen LogP contribution is 1.98. The first kappa shape index (κ1) is 15.9. The van der Waals surface area contributed by atoms with Gasteiger partial charge in [0.05, 0.1) is 6.54 Å². The lowest BCUT2D eigenvalue weighted by atomic mass is 10.2. The van der Waals surface area contributed by atoms with Gasteiger partial charge in [-0.2, -0.15) is 0 Å². The Bertz CT molecular complexity index is 230. The van der Waals surface area contributed by atoms with Crippen molar-refractivity contribution in [3.05, 3.63) is 0 Å². The molecule has 0 aliphatic rings. The lowest BCUT2D eigenvalue weighted by Gasteiger charge is -2.09. The first-order valence-corrected chi connectivity index (χ1v) is 6.27. The fraction of sp³-hybridized carbons (Fsp3) is 0.833. The Labute approximate surface area is 104 Å². The standard InChI is InChI=1S/C12H25N3O2/c1-10(2)15-12(17)9-14-11(16)7-5-4-6-8-13-3/h10,13H,4-9H2,1-3H3,(H,14,16)(H,15,17). The van der Waals surface area contributed by atoms with E-state index in [4.69, 9.17) is 0 Å². The highest BCUT2D eigenvalue weighted by Gasteiger charge is 2.05. The molecule has 17 heavy (non-hydrogen) atoms. The molecule has 0 saturated heterocycles. The van der Waals surface area contributed by atoms with Gasteiger partial charge in [0, 0.05) is 12.5 Å². The topological polar surface area (TPSA) is 70.2 Å². The molecule has 0 unspecified atom stereocenters. The summed E-state index contributed by atoms with van der Waals surface area (Å²) in [5.74, 6) is -0.183. The number of amides is 2. The average Bonchev–Trinajstić information content (AvgIpc) is 2.25. The summed E-state index contributed by atoms with van der Waals surface area (Å²) in [6.45, 7) is 4.84. The first-order valence-electron chi connectivity index (χ1n) is 6.27. The highest BCUT2D eigenvalue weighted by atomic mass is 16.2. The maximum atomic E-state index is 11.4. The van der Waals surface area contributed by atoms with Crippen molar-refractivity contribution in [2.75, 3.05) is 20.1 Å². The molecule has 5 heteroatoms. The Kier molecular flexibility index (Phi) is 9.43. The Balaban J connectivity index is 3.43. The normalized spacial score (nSPS) is 10.4. The van der Waals surface area contributed by atoms with E-state index in [1.54, 1.807) is 0 Å². The fourth-order valence-corrected chi connectivity index (χ4v) is 1.40. The van der Waals surface area contributed by atoms with Gasteiger partial charge in [0.2, 0.25) is 11.8 Å². The van der Waals surface area contributed by atoms with Crippen molar-refractivity contribution < 1.29 is 9.59 Å². The quantitative estimate of drug-likeness (QED) is 0.514. The third-order valence-corrected chi connectivity index (χ3v) is 2.23. The van der Waals surface area contributed by atoms with Crippen molar-refractivity contribution in [2.24, 2.45) is 0 Å². The molecular formula is C12H25N3O2. The summed E-state index contributed by atoms with van der Waals surface area (Å²) in [6, 6.07) is 0.112. The SMILES string of the molecule is CNCCCCCC(=O)NCC(=O)NC(C)C. The summed E-state index contributed by atoms with van der Waals surface area (Å²) in [6.07, 6.45) is 3.49. The highest BCUT2D eigenvalue weighted by molar-refractivity contribution is 5.84. The van der Waals surface area contributed by atoms with Crippen molar-refractivity contribution in [3.8, 4) is 0 Å². The van der Waals surface area contributed by atoms with Gasteiger partial charge in [0.15, 0.2) is 0 Å². The van der Waals surface area contributed by atoms with Gasteiger partial charge in [-0.3, -0.25) is 9.59 Å². The molecule has 0 bridgehead atoms. The molecule has 0 saturated carbocycles. The summed E-state index contributed by atoms with van der Waals surface area (Å²) in [5.41, 5.74) is 0. The van der Waals surface area contributed by atoms with Crippen molar-refractivity contribution in [2.45, 2.75) is 45.6 Å². The third-order valence-electron chi connectivity index (χ3n) is 2.23. The van der Waals surface area contributed by atoms with Gasteiger partial charge in [-0.05, 0) is 40.3 Å². The van der Waals surface area contributed by atoms with E-state index in [-0.39, 0.29) is 24.4 Å². The molecule has 0 aromatic carbocycles. The van der Waals surface area contributed by atoms with Gasteiger partial charge in [0.25, 0.3) is 0 Å². The van der Waals surface area contributed by atoms with Crippen molar-refractivity contribution in [3.63, 3.8) is 0 Å². The predicted octanol–water partition coefficient (Wildman–Crippen LogP) is 0.407.